The highest BCUT2D eigenvalue weighted by molar-refractivity contribution is 5.92. The van der Waals surface area contributed by atoms with Gasteiger partial charge in [0.1, 0.15) is 0 Å². The van der Waals surface area contributed by atoms with Gasteiger partial charge in [0, 0.05) is 44.1 Å². The van der Waals surface area contributed by atoms with Gasteiger partial charge in [0.25, 0.3) is 0 Å². The van der Waals surface area contributed by atoms with Gasteiger partial charge in [-0.2, -0.15) is 13.2 Å². The monoisotopic (exact) mass is 514 g/mol. The number of halogens is 3. The number of alkyl halides is 3. The first-order valence-corrected chi connectivity index (χ1v) is 12.9. The van der Waals surface area contributed by atoms with Crippen LogP contribution in [0.2, 0.25) is 0 Å². The molecule has 198 valence electrons. The molecule has 2 aliphatic rings. The smallest absolute Gasteiger partial charge is 0.376 e. The van der Waals surface area contributed by atoms with E-state index < -0.39 is 11.8 Å². The largest absolute Gasteiger partial charge is 0.421 e. The molecule has 0 radical (unpaired) electrons. The predicted octanol–water partition coefficient (Wildman–Crippen LogP) is 5.78. The van der Waals surface area contributed by atoms with Gasteiger partial charge in [-0.05, 0) is 73.2 Å². The Morgan fingerprint density at radius 2 is 1.73 bits per heavy atom. The second-order valence-corrected chi connectivity index (χ2v) is 10.5. The number of likely N-dealkylation sites (tertiary alicyclic amines) is 1. The number of nitrogens with one attached hydrogen (secondary N) is 2. The molecule has 1 saturated heterocycles. The Hall–Kier alpha value is -3.04. The van der Waals surface area contributed by atoms with Gasteiger partial charge < -0.3 is 20.3 Å². The summed E-state index contributed by atoms with van der Waals surface area (Å²) in [6, 6.07) is 14.3. The minimum absolute atomic E-state index is 0.156. The number of nitrogens with zero attached hydrogens (tertiary/aromatic N) is 2. The van der Waals surface area contributed by atoms with Crippen molar-refractivity contribution in [1.82, 2.24) is 14.8 Å². The van der Waals surface area contributed by atoms with Crippen molar-refractivity contribution in [3.8, 4) is 0 Å². The number of piperidine rings is 1. The molecule has 1 unspecified atom stereocenters. The van der Waals surface area contributed by atoms with Gasteiger partial charge in [-0.1, -0.05) is 30.3 Å². The molecule has 1 aliphatic heterocycles. The fraction of sp³-hybridized carbons (Fsp3) is 0.464. The van der Waals surface area contributed by atoms with Crippen LogP contribution in [0.1, 0.15) is 49.8 Å². The maximum absolute atomic E-state index is 13.1. The number of amides is 2. The van der Waals surface area contributed by atoms with Crippen LogP contribution in [0.25, 0.3) is 10.9 Å². The topological polar surface area (TPSA) is 69.5 Å². The molecule has 5 rings (SSSR count). The van der Waals surface area contributed by atoms with E-state index in [1.165, 1.54) is 25.0 Å². The fourth-order valence-electron chi connectivity index (χ4n) is 4.99. The van der Waals surface area contributed by atoms with Crippen molar-refractivity contribution in [3.63, 3.8) is 0 Å². The molecule has 2 fully saturated rings. The van der Waals surface area contributed by atoms with E-state index in [9.17, 15) is 23.1 Å². The van der Waals surface area contributed by atoms with Gasteiger partial charge >= 0.3 is 12.2 Å². The summed E-state index contributed by atoms with van der Waals surface area (Å²) in [5.74, 6) is 0.626. The number of carbonyl (C=O) groups is 1. The Kier molecular flexibility index (Phi) is 6.93. The van der Waals surface area contributed by atoms with Crippen LogP contribution in [0.3, 0.4) is 0 Å². The summed E-state index contributed by atoms with van der Waals surface area (Å²) in [6.45, 7) is 3.89. The zero-order valence-corrected chi connectivity index (χ0v) is 20.9. The predicted molar refractivity (Wildman–Crippen MR) is 137 cm³/mol. The molecular formula is C28H33F3N4O2. The van der Waals surface area contributed by atoms with E-state index in [2.05, 4.69) is 32.4 Å². The summed E-state index contributed by atoms with van der Waals surface area (Å²) < 4.78 is 41.6. The van der Waals surface area contributed by atoms with Crippen molar-refractivity contribution in [2.24, 2.45) is 5.92 Å². The molecule has 3 aromatic rings. The summed E-state index contributed by atoms with van der Waals surface area (Å²) in [5, 5.41) is 16.9. The average molecular weight is 515 g/mol. The van der Waals surface area contributed by atoms with Crippen molar-refractivity contribution in [1.29, 1.82) is 0 Å². The number of fused-ring (bicyclic) bond motifs is 1. The number of carbonyl (C=O) groups excluding carboxylic acids is 1. The number of benzene rings is 2. The summed E-state index contributed by atoms with van der Waals surface area (Å²) in [6.07, 6.45) is 1.66. The number of urea groups is 1. The molecule has 1 atom stereocenters. The van der Waals surface area contributed by atoms with Crippen LogP contribution in [0.15, 0.2) is 54.7 Å². The van der Waals surface area contributed by atoms with E-state index in [0.29, 0.717) is 18.5 Å². The van der Waals surface area contributed by atoms with E-state index in [4.69, 9.17) is 0 Å². The van der Waals surface area contributed by atoms with Crippen LogP contribution in [-0.4, -0.2) is 46.4 Å². The molecule has 0 spiro atoms. The van der Waals surface area contributed by atoms with Gasteiger partial charge in [-0.25, -0.2) is 4.79 Å². The molecule has 2 amide bonds. The van der Waals surface area contributed by atoms with Crippen LogP contribution in [0, 0.1) is 5.92 Å². The summed E-state index contributed by atoms with van der Waals surface area (Å²) >= 11 is 0. The number of hydrogen-bond acceptors (Lipinski definition) is 3. The summed E-state index contributed by atoms with van der Waals surface area (Å²) in [4.78, 5) is 14.5. The third-order valence-electron chi connectivity index (χ3n) is 7.65. The van der Waals surface area contributed by atoms with E-state index in [1.54, 1.807) is 12.1 Å². The molecule has 2 aromatic carbocycles. The Morgan fingerprint density at radius 1 is 1.03 bits per heavy atom. The molecule has 1 saturated carbocycles. The maximum Gasteiger partial charge on any atom is 0.421 e. The van der Waals surface area contributed by atoms with Crippen molar-refractivity contribution in [2.75, 3.05) is 25.0 Å². The highest BCUT2D eigenvalue weighted by Crippen LogP contribution is 2.38. The van der Waals surface area contributed by atoms with E-state index >= 15 is 0 Å². The normalized spacial score (nSPS) is 19.1. The molecule has 1 aromatic heterocycles. The first kappa shape index (κ1) is 25.6. The van der Waals surface area contributed by atoms with Crippen molar-refractivity contribution < 1.29 is 23.1 Å². The Morgan fingerprint density at radius 3 is 2.38 bits per heavy atom. The minimum atomic E-state index is -4.72. The molecule has 0 bridgehead atoms. The quantitative estimate of drug-likeness (QED) is 0.374. The van der Waals surface area contributed by atoms with Gasteiger partial charge in [0.2, 0.25) is 0 Å². The first-order chi connectivity index (χ1) is 17.6. The van der Waals surface area contributed by atoms with Crippen LogP contribution in [0.5, 0.6) is 0 Å². The standard InChI is InChI=1S/C28H33F3N4O2/c1-27(37,28(29,30)31)22-7-4-20(5-8-22)18-34-13-11-24(12-14-34)35-15-10-21-6-9-23(16-25(21)35)33-26(36)32-17-19-2-3-19/h4-10,15-16,19,24,37H,2-3,11-14,17-18H2,1H3,(H2,32,33,36). The van der Waals surface area contributed by atoms with E-state index in [1.807, 2.05) is 18.2 Å². The summed E-state index contributed by atoms with van der Waals surface area (Å²) in [5.41, 5.74) is -0.241. The number of aliphatic hydroxyl groups is 1. The Balaban J connectivity index is 1.18. The zero-order valence-electron chi connectivity index (χ0n) is 20.9. The van der Waals surface area contributed by atoms with Crippen molar-refractivity contribution >= 4 is 22.6 Å². The summed E-state index contributed by atoms with van der Waals surface area (Å²) in [7, 11) is 0. The lowest BCUT2D eigenvalue weighted by atomic mass is 9.94. The Labute approximate surface area is 214 Å². The lowest BCUT2D eigenvalue weighted by molar-refractivity contribution is -0.258. The molecule has 9 heteroatoms. The molecule has 3 N–H and O–H groups in total. The molecule has 37 heavy (non-hydrogen) atoms. The highest BCUT2D eigenvalue weighted by Gasteiger charge is 2.51. The minimum Gasteiger partial charge on any atom is -0.376 e. The molecule has 6 nitrogen and oxygen atoms in total. The number of rotatable bonds is 7. The second-order valence-electron chi connectivity index (χ2n) is 10.5. The lowest BCUT2D eigenvalue weighted by Crippen LogP contribution is -2.39. The van der Waals surface area contributed by atoms with Gasteiger partial charge in [-0.3, -0.25) is 4.90 Å². The highest BCUT2D eigenvalue weighted by atomic mass is 19.4. The maximum atomic E-state index is 13.1. The van der Waals surface area contributed by atoms with Crippen molar-refractivity contribution in [3.05, 3.63) is 65.9 Å². The van der Waals surface area contributed by atoms with Gasteiger partial charge in [0.05, 0.1) is 5.52 Å². The number of hydrogen-bond donors (Lipinski definition) is 3. The second kappa shape index (κ2) is 10.0. The third kappa shape index (κ3) is 5.78. The van der Waals surface area contributed by atoms with Crippen molar-refractivity contribution in [2.45, 2.75) is 57.0 Å². The molecule has 2 heterocycles. The van der Waals surface area contributed by atoms with Gasteiger partial charge in [-0.15, -0.1) is 0 Å². The number of aromatic nitrogens is 1. The van der Waals surface area contributed by atoms with Gasteiger partial charge in [0.15, 0.2) is 5.60 Å². The Bertz CT molecular complexity index is 1240. The lowest BCUT2D eigenvalue weighted by Gasteiger charge is -2.33. The zero-order chi connectivity index (χ0) is 26.2. The van der Waals surface area contributed by atoms with Crippen LogP contribution in [-0.2, 0) is 12.1 Å². The SMILES string of the molecule is CC(O)(c1ccc(CN2CCC(n3ccc4ccc(NC(=O)NCC5CC5)cc43)CC2)cc1)C(F)(F)F. The fourth-order valence-corrected chi connectivity index (χ4v) is 4.99. The van der Waals surface area contributed by atoms with E-state index in [0.717, 1.165) is 61.6 Å². The number of anilines is 1. The molecular weight excluding hydrogens is 481 g/mol. The van der Waals surface area contributed by atoms with Crippen LogP contribution in [0.4, 0.5) is 23.7 Å². The molecule has 1 aliphatic carbocycles. The van der Waals surface area contributed by atoms with Crippen LogP contribution >= 0.6 is 0 Å². The average Bonchev–Trinajstić information content (AvgIpc) is 3.61. The van der Waals surface area contributed by atoms with E-state index in [-0.39, 0.29) is 11.6 Å². The third-order valence-corrected chi connectivity index (χ3v) is 7.65. The van der Waals surface area contributed by atoms with Crippen LogP contribution < -0.4 is 10.6 Å². The first-order valence-electron chi connectivity index (χ1n) is 12.9.